The molecule has 0 saturated carbocycles. The molecule has 2 aromatic rings. The van der Waals surface area contributed by atoms with Crippen LogP contribution in [0, 0.1) is 10.1 Å². The van der Waals surface area contributed by atoms with E-state index in [1.54, 1.807) is 31.4 Å². The number of benzene rings is 1. The van der Waals surface area contributed by atoms with Gasteiger partial charge in [0.05, 0.1) is 18.2 Å². The van der Waals surface area contributed by atoms with Crippen LogP contribution in [-0.4, -0.2) is 34.6 Å². The number of esters is 1. The molecule has 1 atom stereocenters. The molecule has 1 aromatic heterocycles. The Labute approximate surface area is 149 Å². The molecule has 0 bridgehead atoms. The average Bonchev–Trinajstić information content (AvgIpc) is 3.02. The van der Waals surface area contributed by atoms with Crippen LogP contribution in [0.15, 0.2) is 36.5 Å². The fourth-order valence-electron chi connectivity index (χ4n) is 2.20. The zero-order chi connectivity index (χ0) is 19.3. The van der Waals surface area contributed by atoms with E-state index in [0.29, 0.717) is 5.75 Å². The van der Waals surface area contributed by atoms with Crippen molar-refractivity contribution in [2.24, 2.45) is 7.05 Å². The first kappa shape index (κ1) is 19.0. The van der Waals surface area contributed by atoms with Gasteiger partial charge in [-0.25, -0.2) is 4.79 Å². The highest BCUT2D eigenvalue weighted by molar-refractivity contribution is 5.91. The van der Waals surface area contributed by atoms with Gasteiger partial charge in [-0.2, -0.15) is 0 Å². The number of rotatable bonds is 7. The molecule has 1 heterocycles. The number of methoxy groups -OCH3 is 1. The van der Waals surface area contributed by atoms with Gasteiger partial charge in [-0.3, -0.25) is 14.9 Å². The molecule has 138 valence electrons. The molecule has 0 aliphatic carbocycles. The molecule has 0 aliphatic heterocycles. The Balaban J connectivity index is 1.91. The fraction of sp³-hybridized carbons (Fsp3) is 0.294. The van der Waals surface area contributed by atoms with E-state index in [9.17, 15) is 19.7 Å². The summed E-state index contributed by atoms with van der Waals surface area (Å²) in [5.41, 5.74) is 0.623. The number of aromatic nitrogens is 1. The molecular weight excluding hydrogens is 342 g/mol. The molecule has 0 aliphatic rings. The second-order valence-corrected chi connectivity index (χ2v) is 5.56. The first-order valence-corrected chi connectivity index (χ1v) is 7.74. The van der Waals surface area contributed by atoms with Crippen molar-refractivity contribution < 1.29 is 24.0 Å². The Morgan fingerprint density at radius 3 is 2.50 bits per heavy atom. The number of amides is 1. The predicted molar refractivity (Wildman–Crippen MR) is 91.8 cm³/mol. The van der Waals surface area contributed by atoms with E-state index in [2.05, 4.69) is 5.32 Å². The Morgan fingerprint density at radius 2 is 1.96 bits per heavy atom. The second kappa shape index (κ2) is 8.15. The number of nitrogens with zero attached hydrogens (tertiary/aromatic N) is 2. The van der Waals surface area contributed by atoms with E-state index in [1.165, 1.54) is 24.7 Å². The van der Waals surface area contributed by atoms with Crippen LogP contribution in [0.3, 0.4) is 0 Å². The van der Waals surface area contributed by atoms with E-state index in [1.807, 2.05) is 0 Å². The van der Waals surface area contributed by atoms with E-state index >= 15 is 0 Å². The minimum Gasteiger partial charge on any atom is -0.497 e. The molecule has 26 heavy (non-hydrogen) atoms. The molecule has 9 heteroatoms. The molecule has 0 fully saturated rings. The molecule has 1 unspecified atom stereocenters. The lowest BCUT2D eigenvalue weighted by molar-refractivity contribution is -0.384. The van der Waals surface area contributed by atoms with Crippen LogP contribution in [0.2, 0.25) is 0 Å². The predicted octanol–water partition coefficient (Wildman–Crippen LogP) is 1.80. The Bertz CT molecular complexity index is 812. The molecule has 0 saturated heterocycles. The van der Waals surface area contributed by atoms with Crippen molar-refractivity contribution in [3.8, 4) is 5.75 Å². The van der Waals surface area contributed by atoms with Crippen molar-refractivity contribution >= 4 is 17.6 Å². The summed E-state index contributed by atoms with van der Waals surface area (Å²) in [4.78, 5) is 34.3. The number of carbonyl (C=O) groups is 2. The quantitative estimate of drug-likeness (QED) is 0.457. The molecule has 9 nitrogen and oxygen atoms in total. The van der Waals surface area contributed by atoms with Gasteiger partial charge in [0.1, 0.15) is 11.4 Å². The summed E-state index contributed by atoms with van der Waals surface area (Å²) in [6.07, 6.45) is 0.153. The van der Waals surface area contributed by atoms with Gasteiger partial charge in [0.25, 0.3) is 11.6 Å². The number of hydrogen-bond donors (Lipinski definition) is 1. The third kappa shape index (κ3) is 4.59. The summed E-state index contributed by atoms with van der Waals surface area (Å²) < 4.78 is 11.4. The van der Waals surface area contributed by atoms with E-state index in [-0.39, 0.29) is 17.9 Å². The lowest BCUT2D eigenvalue weighted by Gasteiger charge is -2.13. The Hall–Kier alpha value is -3.36. The molecule has 1 amide bonds. The van der Waals surface area contributed by atoms with Crippen molar-refractivity contribution in [1.29, 1.82) is 0 Å². The van der Waals surface area contributed by atoms with Crippen molar-refractivity contribution in [1.82, 2.24) is 9.88 Å². The molecular formula is C17H19N3O6. The lowest BCUT2D eigenvalue weighted by atomic mass is 10.2. The summed E-state index contributed by atoms with van der Waals surface area (Å²) in [5, 5.41) is 13.4. The van der Waals surface area contributed by atoms with Gasteiger partial charge >= 0.3 is 5.97 Å². The van der Waals surface area contributed by atoms with Crippen LogP contribution in [0.1, 0.15) is 23.0 Å². The van der Waals surface area contributed by atoms with Crippen LogP contribution < -0.4 is 10.1 Å². The number of ether oxygens (including phenoxy) is 2. The SMILES string of the molecule is COc1ccc(CNC(=O)C(C)OC(=O)c2cc([N+](=O)[O-])cn2C)cc1. The normalized spacial score (nSPS) is 11.5. The molecule has 2 rings (SSSR count). The first-order valence-electron chi connectivity index (χ1n) is 7.74. The van der Waals surface area contributed by atoms with Gasteiger partial charge in [0.2, 0.25) is 0 Å². The van der Waals surface area contributed by atoms with E-state index in [4.69, 9.17) is 9.47 Å². The Kier molecular flexibility index (Phi) is 5.94. The van der Waals surface area contributed by atoms with Crippen molar-refractivity contribution in [3.05, 3.63) is 57.9 Å². The highest BCUT2D eigenvalue weighted by Crippen LogP contribution is 2.16. The maximum absolute atomic E-state index is 12.1. The van der Waals surface area contributed by atoms with Crippen LogP contribution in [0.4, 0.5) is 5.69 Å². The smallest absolute Gasteiger partial charge is 0.355 e. The minimum atomic E-state index is -1.05. The summed E-state index contributed by atoms with van der Waals surface area (Å²) >= 11 is 0. The molecule has 1 aromatic carbocycles. The van der Waals surface area contributed by atoms with E-state index in [0.717, 1.165) is 11.6 Å². The van der Waals surface area contributed by atoms with Crippen LogP contribution in [-0.2, 0) is 23.1 Å². The van der Waals surface area contributed by atoms with Crippen LogP contribution in [0.5, 0.6) is 5.75 Å². The topological polar surface area (TPSA) is 113 Å². The van der Waals surface area contributed by atoms with Gasteiger partial charge in [0.15, 0.2) is 6.10 Å². The van der Waals surface area contributed by atoms with Crippen molar-refractivity contribution in [2.75, 3.05) is 7.11 Å². The van der Waals surface area contributed by atoms with Gasteiger partial charge in [-0.05, 0) is 24.6 Å². The minimum absolute atomic E-state index is 0.00787. The first-order chi connectivity index (χ1) is 12.3. The number of aryl methyl sites for hydroxylation is 1. The molecule has 0 radical (unpaired) electrons. The molecule has 1 N–H and O–H groups in total. The highest BCUT2D eigenvalue weighted by Gasteiger charge is 2.23. The van der Waals surface area contributed by atoms with Crippen LogP contribution in [0.25, 0.3) is 0 Å². The highest BCUT2D eigenvalue weighted by atomic mass is 16.6. The number of hydrogen-bond acceptors (Lipinski definition) is 6. The monoisotopic (exact) mass is 361 g/mol. The fourth-order valence-corrected chi connectivity index (χ4v) is 2.20. The summed E-state index contributed by atoms with van der Waals surface area (Å²) in [6, 6.07) is 8.25. The zero-order valence-electron chi connectivity index (χ0n) is 14.6. The summed E-state index contributed by atoms with van der Waals surface area (Å²) in [7, 11) is 3.05. The number of carbonyl (C=O) groups excluding carboxylic acids is 2. The standard InChI is InChI=1S/C17H19N3O6/c1-11(16(21)18-9-12-4-6-14(25-3)7-5-12)26-17(22)15-8-13(20(23)24)10-19(15)2/h4-8,10-11H,9H2,1-3H3,(H,18,21). The lowest BCUT2D eigenvalue weighted by Crippen LogP contribution is -2.35. The largest absolute Gasteiger partial charge is 0.497 e. The third-order valence-corrected chi connectivity index (χ3v) is 3.69. The number of nitrogens with one attached hydrogen (secondary N) is 1. The van der Waals surface area contributed by atoms with Crippen molar-refractivity contribution in [3.63, 3.8) is 0 Å². The van der Waals surface area contributed by atoms with Gasteiger partial charge in [-0.1, -0.05) is 12.1 Å². The van der Waals surface area contributed by atoms with Gasteiger partial charge in [0, 0.05) is 19.7 Å². The maximum Gasteiger partial charge on any atom is 0.355 e. The van der Waals surface area contributed by atoms with Gasteiger partial charge in [-0.15, -0.1) is 0 Å². The summed E-state index contributed by atoms with van der Waals surface area (Å²) in [5.74, 6) is -0.579. The Morgan fingerprint density at radius 1 is 1.31 bits per heavy atom. The summed E-state index contributed by atoms with van der Waals surface area (Å²) in [6.45, 7) is 1.69. The second-order valence-electron chi connectivity index (χ2n) is 5.56. The molecule has 0 spiro atoms. The number of nitro groups is 1. The van der Waals surface area contributed by atoms with Gasteiger partial charge < -0.3 is 19.4 Å². The average molecular weight is 361 g/mol. The maximum atomic E-state index is 12.1. The van der Waals surface area contributed by atoms with Crippen molar-refractivity contribution in [2.45, 2.75) is 19.6 Å². The van der Waals surface area contributed by atoms with E-state index < -0.39 is 22.9 Å². The van der Waals surface area contributed by atoms with Crippen LogP contribution >= 0.6 is 0 Å². The zero-order valence-corrected chi connectivity index (χ0v) is 14.6. The third-order valence-electron chi connectivity index (χ3n) is 3.69.